The van der Waals surface area contributed by atoms with Crippen molar-refractivity contribution in [1.29, 1.82) is 0 Å². The zero-order chi connectivity index (χ0) is 23.3. The monoisotopic (exact) mass is 446 g/mol. The molecular formula is C31H30N2O. The first-order valence-corrected chi connectivity index (χ1v) is 12.1. The molecular weight excluding hydrogens is 416 g/mol. The zero-order valence-corrected chi connectivity index (χ0v) is 19.8. The quantitative estimate of drug-likeness (QED) is 0.389. The van der Waals surface area contributed by atoms with E-state index < -0.39 is 5.60 Å². The number of fused-ring (bicyclic) bond motifs is 6. The number of nitrogens with zero attached hydrogens (tertiary/aromatic N) is 2. The van der Waals surface area contributed by atoms with Gasteiger partial charge in [0.15, 0.2) is 0 Å². The molecule has 0 spiro atoms. The van der Waals surface area contributed by atoms with E-state index in [4.69, 9.17) is 0 Å². The molecule has 0 unspecified atom stereocenters. The van der Waals surface area contributed by atoms with Crippen molar-refractivity contribution in [3.63, 3.8) is 0 Å². The van der Waals surface area contributed by atoms with E-state index in [2.05, 4.69) is 60.0 Å². The van der Waals surface area contributed by atoms with E-state index in [1.54, 1.807) is 0 Å². The van der Waals surface area contributed by atoms with Crippen LogP contribution in [0.3, 0.4) is 0 Å². The Morgan fingerprint density at radius 1 is 0.765 bits per heavy atom. The van der Waals surface area contributed by atoms with Crippen LogP contribution in [0.15, 0.2) is 97.1 Å². The average Bonchev–Trinajstić information content (AvgIpc) is 2.87. The summed E-state index contributed by atoms with van der Waals surface area (Å²) in [5.74, 6) is 0. The fourth-order valence-electron chi connectivity index (χ4n) is 5.79. The van der Waals surface area contributed by atoms with Crippen LogP contribution in [0.5, 0.6) is 0 Å². The predicted octanol–water partition coefficient (Wildman–Crippen LogP) is 6.47. The molecule has 0 amide bonds. The molecule has 34 heavy (non-hydrogen) atoms. The summed E-state index contributed by atoms with van der Waals surface area (Å²) >= 11 is 0. The molecule has 0 saturated heterocycles. The van der Waals surface area contributed by atoms with Crippen LogP contribution < -0.4 is 9.80 Å². The highest BCUT2D eigenvalue weighted by atomic mass is 16.3. The van der Waals surface area contributed by atoms with Gasteiger partial charge in [0.05, 0.1) is 12.7 Å². The van der Waals surface area contributed by atoms with E-state index in [0.29, 0.717) is 6.42 Å². The molecule has 4 aromatic rings. The summed E-state index contributed by atoms with van der Waals surface area (Å²) in [5, 5.41) is 12.5. The van der Waals surface area contributed by atoms with Crippen molar-refractivity contribution in [3.8, 4) is 0 Å². The first-order chi connectivity index (χ1) is 16.5. The summed E-state index contributed by atoms with van der Waals surface area (Å²) in [6.45, 7) is 6.06. The van der Waals surface area contributed by atoms with Gasteiger partial charge < -0.3 is 14.9 Å². The van der Waals surface area contributed by atoms with Crippen molar-refractivity contribution in [2.75, 3.05) is 16.5 Å². The normalized spacial score (nSPS) is 16.7. The highest BCUT2D eigenvalue weighted by Crippen LogP contribution is 2.49. The molecule has 2 aliphatic rings. The summed E-state index contributed by atoms with van der Waals surface area (Å²) in [7, 11) is 0. The predicted molar refractivity (Wildman–Crippen MR) is 139 cm³/mol. The maximum absolute atomic E-state index is 12.5. The number of benzene rings is 4. The van der Waals surface area contributed by atoms with Crippen LogP contribution in [0.2, 0.25) is 0 Å². The zero-order valence-electron chi connectivity index (χ0n) is 19.8. The van der Waals surface area contributed by atoms with Gasteiger partial charge in [-0.15, -0.1) is 0 Å². The van der Waals surface area contributed by atoms with Crippen LogP contribution in [-0.2, 0) is 12.1 Å². The molecule has 2 heterocycles. The van der Waals surface area contributed by atoms with Gasteiger partial charge in [-0.1, -0.05) is 96.1 Å². The Bertz CT molecular complexity index is 1290. The standard InChI is InChI=1S/C31H30N2O/c1-22-13-15-28-24(17-22)20-32-21-33(28)30(27-18-23(2)14-16-29(27)32)19-31(34,25-9-5-3-6-10-25)26-11-7-4-8-12-26/h3-18,30,34H,19-21H2,1-2H3/t30-/m0/s1. The molecule has 170 valence electrons. The molecule has 6 rings (SSSR count). The largest absolute Gasteiger partial charge is 0.380 e. The number of rotatable bonds is 4. The lowest BCUT2D eigenvalue weighted by Crippen LogP contribution is -2.50. The summed E-state index contributed by atoms with van der Waals surface area (Å²) < 4.78 is 0. The van der Waals surface area contributed by atoms with E-state index in [1.165, 1.54) is 33.6 Å². The van der Waals surface area contributed by atoms with Crippen LogP contribution in [-0.4, -0.2) is 11.8 Å². The highest BCUT2D eigenvalue weighted by Gasteiger charge is 2.42. The van der Waals surface area contributed by atoms with Crippen molar-refractivity contribution in [1.82, 2.24) is 0 Å². The van der Waals surface area contributed by atoms with Crippen LogP contribution in [0.1, 0.15) is 45.8 Å². The molecule has 0 aliphatic carbocycles. The second-order valence-corrected chi connectivity index (χ2v) is 9.82. The van der Waals surface area contributed by atoms with Gasteiger partial charge in [-0.2, -0.15) is 0 Å². The Labute approximate surface area is 201 Å². The third-order valence-electron chi connectivity index (χ3n) is 7.48. The topological polar surface area (TPSA) is 26.7 Å². The third-order valence-corrected chi connectivity index (χ3v) is 7.48. The smallest absolute Gasteiger partial charge is 0.117 e. The second kappa shape index (κ2) is 8.03. The van der Waals surface area contributed by atoms with Gasteiger partial charge in [0, 0.05) is 24.3 Å². The lowest BCUT2D eigenvalue weighted by atomic mass is 9.78. The Kier molecular flexibility index (Phi) is 4.96. The molecule has 0 fully saturated rings. The maximum Gasteiger partial charge on any atom is 0.117 e. The molecule has 0 aromatic heterocycles. The van der Waals surface area contributed by atoms with Gasteiger partial charge in [0.1, 0.15) is 5.60 Å². The minimum atomic E-state index is -1.11. The number of hydrogen-bond donors (Lipinski definition) is 1. The summed E-state index contributed by atoms with van der Waals surface area (Å²) in [6.07, 6.45) is 0.568. The first kappa shape index (κ1) is 21.0. The van der Waals surface area contributed by atoms with Crippen LogP contribution in [0.25, 0.3) is 0 Å². The van der Waals surface area contributed by atoms with Gasteiger partial charge in [-0.05, 0) is 48.2 Å². The number of anilines is 2. The van der Waals surface area contributed by atoms with Crippen molar-refractivity contribution in [2.45, 2.75) is 38.5 Å². The van der Waals surface area contributed by atoms with Gasteiger partial charge in [-0.3, -0.25) is 0 Å². The molecule has 3 nitrogen and oxygen atoms in total. The Morgan fingerprint density at radius 2 is 1.35 bits per heavy atom. The van der Waals surface area contributed by atoms with E-state index in [-0.39, 0.29) is 6.04 Å². The van der Waals surface area contributed by atoms with Crippen LogP contribution >= 0.6 is 0 Å². The van der Waals surface area contributed by atoms with Crippen molar-refractivity contribution < 1.29 is 5.11 Å². The maximum atomic E-state index is 12.5. The summed E-state index contributed by atoms with van der Waals surface area (Å²) in [4.78, 5) is 4.97. The Balaban J connectivity index is 1.53. The fraction of sp³-hybridized carbons (Fsp3) is 0.226. The third kappa shape index (κ3) is 3.39. The molecule has 1 N–H and O–H groups in total. The first-order valence-electron chi connectivity index (χ1n) is 12.1. The molecule has 0 radical (unpaired) electrons. The van der Waals surface area contributed by atoms with Crippen LogP contribution in [0.4, 0.5) is 11.4 Å². The summed E-state index contributed by atoms with van der Waals surface area (Å²) in [5.41, 5.74) is 8.49. The van der Waals surface area contributed by atoms with E-state index in [1.807, 2.05) is 60.7 Å². The van der Waals surface area contributed by atoms with Gasteiger partial charge >= 0.3 is 0 Å². The molecule has 0 saturated carbocycles. The molecule has 4 aromatic carbocycles. The molecule has 2 aliphatic heterocycles. The number of hydrogen-bond acceptors (Lipinski definition) is 3. The SMILES string of the molecule is Cc1ccc2c(c1)CN1CN2[C@@H](CC(O)(c2ccccc2)c2ccccc2)c2cc(C)ccc21. The molecule has 1 atom stereocenters. The summed E-state index contributed by atoms with van der Waals surface area (Å²) in [6, 6.07) is 33.9. The minimum Gasteiger partial charge on any atom is -0.380 e. The molecule has 3 heteroatoms. The van der Waals surface area contributed by atoms with Crippen LogP contribution in [0, 0.1) is 13.8 Å². The molecule has 2 bridgehead atoms. The van der Waals surface area contributed by atoms with E-state index in [9.17, 15) is 5.11 Å². The van der Waals surface area contributed by atoms with Gasteiger partial charge in [0.25, 0.3) is 0 Å². The van der Waals surface area contributed by atoms with E-state index >= 15 is 0 Å². The lowest BCUT2D eigenvalue weighted by molar-refractivity contribution is 0.0614. The lowest BCUT2D eigenvalue weighted by Gasteiger charge is -2.51. The minimum absolute atomic E-state index is 0.0401. The van der Waals surface area contributed by atoms with Gasteiger partial charge in [-0.25, -0.2) is 0 Å². The second-order valence-electron chi connectivity index (χ2n) is 9.82. The van der Waals surface area contributed by atoms with E-state index in [0.717, 1.165) is 24.3 Å². The highest BCUT2D eigenvalue weighted by molar-refractivity contribution is 5.70. The van der Waals surface area contributed by atoms with Gasteiger partial charge in [0.2, 0.25) is 0 Å². The van der Waals surface area contributed by atoms with Crippen molar-refractivity contribution in [3.05, 3.63) is 130 Å². The fourth-order valence-corrected chi connectivity index (χ4v) is 5.79. The average molecular weight is 447 g/mol. The Morgan fingerprint density at radius 3 is 2.00 bits per heavy atom. The number of aliphatic hydroxyl groups is 1. The van der Waals surface area contributed by atoms with Crippen molar-refractivity contribution in [2.24, 2.45) is 0 Å². The Hall–Kier alpha value is -3.56. The van der Waals surface area contributed by atoms with Crippen molar-refractivity contribution >= 4 is 11.4 Å². The number of aryl methyl sites for hydroxylation is 2.